The van der Waals surface area contributed by atoms with E-state index in [1.54, 1.807) is 0 Å². The molecule has 0 heterocycles. The fourth-order valence-corrected chi connectivity index (χ4v) is 2.56. The summed E-state index contributed by atoms with van der Waals surface area (Å²) in [5.74, 6) is 0. The maximum Gasteiger partial charge on any atom is 0.00645 e. The summed E-state index contributed by atoms with van der Waals surface area (Å²) in [6, 6.07) is 7.61. The molecule has 0 aliphatic rings. The molecular weight excluding hydrogens is 218 g/mol. The van der Waals surface area contributed by atoms with Crippen LogP contribution in [0.25, 0.3) is 0 Å². The maximum atomic E-state index is 3.63. The van der Waals surface area contributed by atoms with E-state index in [1.165, 1.54) is 48.8 Å². The molecule has 1 rings (SSSR count). The summed E-state index contributed by atoms with van der Waals surface area (Å²) in [5, 5.41) is 3.63. The lowest BCUT2D eigenvalue weighted by atomic mass is 10.00. The lowest BCUT2D eigenvalue weighted by molar-refractivity contribution is 0.456. The third-order valence-corrected chi connectivity index (χ3v) is 3.48. The molecule has 0 aromatic heterocycles. The highest BCUT2D eigenvalue weighted by Gasteiger charge is 2.04. The van der Waals surface area contributed by atoms with Gasteiger partial charge in [-0.2, -0.15) is 0 Å². The number of benzene rings is 1. The highest BCUT2D eigenvalue weighted by Crippen LogP contribution is 2.13. The first kappa shape index (κ1) is 15.2. The van der Waals surface area contributed by atoms with Crippen molar-refractivity contribution >= 4 is 0 Å². The van der Waals surface area contributed by atoms with Gasteiger partial charge < -0.3 is 5.32 Å². The second-order valence-electron chi connectivity index (χ2n) is 5.45. The quantitative estimate of drug-likeness (QED) is 0.717. The molecule has 102 valence electrons. The van der Waals surface area contributed by atoms with Crippen molar-refractivity contribution in [2.75, 3.05) is 6.54 Å². The Morgan fingerprint density at radius 3 is 2.28 bits per heavy atom. The van der Waals surface area contributed by atoms with E-state index in [0.717, 1.165) is 6.54 Å². The van der Waals surface area contributed by atoms with Gasteiger partial charge in [0, 0.05) is 6.04 Å². The zero-order chi connectivity index (χ0) is 13.4. The summed E-state index contributed by atoms with van der Waals surface area (Å²) in [7, 11) is 0. The van der Waals surface area contributed by atoms with Gasteiger partial charge >= 0.3 is 0 Å². The smallest absolute Gasteiger partial charge is 0.00645 e. The third-order valence-electron chi connectivity index (χ3n) is 3.48. The van der Waals surface area contributed by atoms with Crippen LogP contribution in [-0.2, 0) is 6.42 Å². The Kier molecular flexibility index (Phi) is 7.04. The molecule has 0 saturated carbocycles. The van der Waals surface area contributed by atoms with Gasteiger partial charge in [-0.3, -0.25) is 0 Å². The highest BCUT2D eigenvalue weighted by molar-refractivity contribution is 5.28. The molecule has 1 aromatic rings. The molecule has 0 bridgehead atoms. The van der Waals surface area contributed by atoms with Crippen molar-refractivity contribution in [1.29, 1.82) is 0 Å². The topological polar surface area (TPSA) is 12.0 Å². The first-order chi connectivity index (χ1) is 8.65. The molecule has 0 radical (unpaired) electrons. The zero-order valence-electron chi connectivity index (χ0n) is 12.6. The van der Waals surface area contributed by atoms with Gasteiger partial charge in [0.1, 0.15) is 0 Å². The molecule has 0 spiro atoms. The van der Waals surface area contributed by atoms with Gasteiger partial charge in [0.05, 0.1) is 0 Å². The Morgan fingerprint density at radius 2 is 1.72 bits per heavy atom. The van der Waals surface area contributed by atoms with Crippen LogP contribution in [0.1, 0.15) is 56.2 Å². The molecule has 0 aliphatic carbocycles. The summed E-state index contributed by atoms with van der Waals surface area (Å²) in [5.41, 5.74) is 4.28. The molecule has 0 fully saturated rings. The van der Waals surface area contributed by atoms with Gasteiger partial charge in [-0.25, -0.2) is 0 Å². The molecule has 0 aliphatic heterocycles. The van der Waals surface area contributed by atoms with E-state index < -0.39 is 0 Å². The van der Waals surface area contributed by atoms with Crippen LogP contribution in [0.3, 0.4) is 0 Å². The predicted octanol–water partition coefficient (Wildman–Crippen LogP) is 4.40. The van der Waals surface area contributed by atoms with Crippen LogP contribution in [0.2, 0.25) is 0 Å². The molecule has 1 N–H and O–H groups in total. The van der Waals surface area contributed by atoms with Crippen molar-refractivity contribution in [1.82, 2.24) is 5.32 Å². The summed E-state index contributed by atoms with van der Waals surface area (Å²) < 4.78 is 0. The van der Waals surface area contributed by atoms with Gasteiger partial charge in [-0.05, 0) is 58.1 Å². The maximum absolute atomic E-state index is 3.63. The molecule has 18 heavy (non-hydrogen) atoms. The standard InChI is InChI=1S/C17H29N/c1-5-10-18-17(6-2)9-7-8-16-12-14(3)11-15(4)13-16/h11-13,17-18H,5-10H2,1-4H3. The first-order valence-electron chi connectivity index (χ1n) is 7.46. The van der Waals surface area contributed by atoms with E-state index in [4.69, 9.17) is 0 Å². The fourth-order valence-electron chi connectivity index (χ4n) is 2.56. The second kappa shape index (κ2) is 8.31. The van der Waals surface area contributed by atoms with Crippen molar-refractivity contribution in [3.05, 3.63) is 34.9 Å². The summed E-state index contributed by atoms with van der Waals surface area (Å²) in [6.45, 7) is 10.0. The molecule has 0 amide bonds. The summed E-state index contributed by atoms with van der Waals surface area (Å²) in [4.78, 5) is 0. The van der Waals surface area contributed by atoms with E-state index in [9.17, 15) is 0 Å². The largest absolute Gasteiger partial charge is 0.314 e. The van der Waals surface area contributed by atoms with E-state index in [-0.39, 0.29) is 0 Å². The van der Waals surface area contributed by atoms with Crippen molar-refractivity contribution in [2.45, 2.75) is 65.8 Å². The van der Waals surface area contributed by atoms with Gasteiger partial charge in [0.2, 0.25) is 0 Å². The Morgan fingerprint density at radius 1 is 1.06 bits per heavy atom. The summed E-state index contributed by atoms with van der Waals surface area (Å²) >= 11 is 0. The van der Waals surface area contributed by atoms with Crippen LogP contribution in [0, 0.1) is 13.8 Å². The Hall–Kier alpha value is -0.820. The number of aryl methyl sites for hydroxylation is 3. The third kappa shape index (κ3) is 5.68. The van der Waals surface area contributed by atoms with E-state index in [2.05, 4.69) is 51.2 Å². The summed E-state index contributed by atoms with van der Waals surface area (Å²) in [6.07, 6.45) is 6.27. The van der Waals surface area contributed by atoms with E-state index in [0.29, 0.717) is 6.04 Å². The molecule has 1 atom stereocenters. The van der Waals surface area contributed by atoms with Gasteiger partial charge in [-0.1, -0.05) is 43.2 Å². The number of hydrogen-bond donors (Lipinski definition) is 1. The molecule has 1 heteroatoms. The zero-order valence-corrected chi connectivity index (χ0v) is 12.6. The monoisotopic (exact) mass is 247 g/mol. The lowest BCUT2D eigenvalue weighted by Gasteiger charge is -2.16. The average Bonchev–Trinajstić information content (AvgIpc) is 2.32. The minimum Gasteiger partial charge on any atom is -0.314 e. The SMILES string of the molecule is CCCNC(CC)CCCc1cc(C)cc(C)c1. The van der Waals surface area contributed by atoms with Gasteiger partial charge in [-0.15, -0.1) is 0 Å². The van der Waals surface area contributed by atoms with Crippen LogP contribution < -0.4 is 5.32 Å². The molecule has 1 aromatic carbocycles. The van der Waals surface area contributed by atoms with Crippen molar-refractivity contribution in [3.8, 4) is 0 Å². The molecular formula is C17H29N. The molecule has 0 saturated heterocycles. The normalized spacial score (nSPS) is 12.7. The van der Waals surface area contributed by atoms with Crippen molar-refractivity contribution in [2.24, 2.45) is 0 Å². The minimum atomic E-state index is 0.704. The minimum absolute atomic E-state index is 0.704. The molecule has 1 unspecified atom stereocenters. The lowest BCUT2D eigenvalue weighted by Crippen LogP contribution is -2.29. The van der Waals surface area contributed by atoms with Crippen molar-refractivity contribution < 1.29 is 0 Å². The second-order valence-corrected chi connectivity index (χ2v) is 5.45. The van der Waals surface area contributed by atoms with Crippen LogP contribution in [0.5, 0.6) is 0 Å². The number of hydrogen-bond acceptors (Lipinski definition) is 1. The Balaban J connectivity index is 2.35. The van der Waals surface area contributed by atoms with E-state index >= 15 is 0 Å². The van der Waals surface area contributed by atoms with Gasteiger partial charge in [0.15, 0.2) is 0 Å². The number of rotatable bonds is 8. The average molecular weight is 247 g/mol. The Bertz CT molecular complexity index is 323. The number of nitrogens with one attached hydrogen (secondary N) is 1. The fraction of sp³-hybridized carbons (Fsp3) is 0.647. The van der Waals surface area contributed by atoms with Crippen LogP contribution >= 0.6 is 0 Å². The van der Waals surface area contributed by atoms with E-state index in [1.807, 2.05) is 0 Å². The van der Waals surface area contributed by atoms with Crippen molar-refractivity contribution in [3.63, 3.8) is 0 Å². The van der Waals surface area contributed by atoms with Gasteiger partial charge in [0.25, 0.3) is 0 Å². The van der Waals surface area contributed by atoms with Crippen LogP contribution in [0.4, 0.5) is 0 Å². The highest BCUT2D eigenvalue weighted by atomic mass is 14.9. The van der Waals surface area contributed by atoms with Crippen LogP contribution in [0.15, 0.2) is 18.2 Å². The predicted molar refractivity (Wildman–Crippen MR) is 81.2 cm³/mol. The van der Waals surface area contributed by atoms with Crippen LogP contribution in [-0.4, -0.2) is 12.6 Å². The Labute approximate surface area is 113 Å². The molecule has 1 nitrogen and oxygen atoms in total. The first-order valence-corrected chi connectivity index (χ1v) is 7.46.